The van der Waals surface area contributed by atoms with Gasteiger partial charge in [0.05, 0.1) is 0 Å². The summed E-state index contributed by atoms with van der Waals surface area (Å²) in [6, 6.07) is 0. The predicted octanol–water partition coefficient (Wildman–Crippen LogP) is 3.00. The van der Waals surface area contributed by atoms with Gasteiger partial charge in [0.25, 0.3) is 5.91 Å². The highest BCUT2D eigenvalue weighted by Crippen LogP contribution is 2.03. The lowest BCUT2D eigenvalue weighted by Crippen LogP contribution is -2.25. The normalized spacial score (nSPS) is 10.4. The fourth-order valence-corrected chi connectivity index (χ4v) is 1.17. The summed E-state index contributed by atoms with van der Waals surface area (Å²) in [6.45, 7) is 14.9. The van der Waals surface area contributed by atoms with E-state index in [9.17, 15) is 9.59 Å². The van der Waals surface area contributed by atoms with Crippen LogP contribution in [0.3, 0.4) is 0 Å². The summed E-state index contributed by atoms with van der Waals surface area (Å²) in [5.74, 6) is 5.85. The van der Waals surface area contributed by atoms with Crippen molar-refractivity contribution in [2.45, 2.75) is 47.5 Å². The highest BCUT2D eigenvalue weighted by atomic mass is 16.2. The van der Waals surface area contributed by atoms with Crippen molar-refractivity contribution >= 4 is 11.8 Å². The fraction of sp³-hybridized carbons (Fsp3) is 0.647. The maximum Gasteiger partial charge on any atom is 0.295 e. The van der Waals surface area contributed by atoms with Crippen LogP contribution in [0.1, 0.15) is 50.3 Å². The molecule has 0 fully saturated rings. The van der Waals surface area contributed by atoms with E-state index in [2.05, 4.69) is 42.9 Å². The Morgan fingerprint density at radius 1 is 1.29 bits per heavy atom. The van der Waals surface area contributed by atoms with Crippen LogP contribution in [0.25, 0.3) is 0 Å². The lowest BCUT2D eigenvalue weighted by atomic mass is 10.1. The average Bonchev–Trinajstić information content (AvgIpc) is 2.45. The van der Waals surface area contributed by atoms with Crippen molar-refractivity contribution in [3.8, 4) is 11.8 Å². The summed E-state index contributed by atoms with van der Waals surface area (Å²) in [5.41, 5.74) is 0. The van der Waals surface area contributed by atoms with Crippen LogP contribution in [0.2, 0.25) is 0 Å². The molecule has 1 atom stereocenters. The Hall–Kier alpha value is -1.76. The van der Waals surface area contributed by atoms with E-state index in [4.69, 9.17) is 0 Å². The van der Waals surface area contributed by atoms with Crippen molar-refractivity contribution < 1.29 is 12.4 Å². The first-order chi connectivity index (χ1) is 9.87. The minimum absolute atomic E-state index is 0. The van der Waals surface area contributed by atoms with E-state index in [1.165, 1.54) is 12.5 Å². The molecule has 0 bridgehead atoms. The zero-order valence-electron chi connectivity index (χ0n) is 14.1. The zero-order valence-corrected chi connectivity index (χ0v) is 14.1. The third kappa shape index (κ3) is 18.2. The van der Waals surface area contributed by atoms with Crippen LogP contribution in [0.15, 0.2) is 12.7 Å². The quantitative estimate of drug-likeness (QED) is 0.561. The van der Waals surface area contributed by atoms with Crippen LogP contribution in [0.5, 0.6) is 0 Å². The summed E-state index contributed by atoms with van der Waals surface area (Å²) in [5, 5.41) is 5.41. The second-order valence-electron chi connectivity index (χ2n) is 5.28. The Morgan fingerprint density at radius 2 is 1.90 bits per heavy atom. The van der Waals surface area contributed by atoms with Gasteiger partial charge < -0.3 is 10.6 Å². The van der Waals surface area contributed by atoms with Crippen molar-refractivity contribution in [1.29, 1.82) is 0 Å². The average molecular weight is 298 g/mol. The molecule has 0 saturated carbocycles. The maximum absolute atomic E-state index is 10.7. The van der Waals surface area contributed by atoms with Crippen molar-refractivity contribution in [2.24, 2.45) is 11.8 Å². The molecule has 4 heteroatoms. The molecular weight excluding hydrogens is 264 g/mol. The van der Waals surface area contributed by atoms with Crippen molar-refractivity contribution in [3.63, 3.8) is 0 Å². The Balaban J connectivity index is -0.000000145. The van der Waals surface area contributed by atoms with Crippen LogP contribution in [-0.4, -0.2) is 24.9 Å². The molecule has 0 aliphatic carbocycles. The Kier molecular flexibility index (Phi) is 15.0. The monoisotopic (exact) mass is 298 g/mol. The SMILES string of the molecule is C=CC(=O)NCCC(C)CC.CC#CC(=O)NCC(C)C.[HH].[HH]. The first-order valence-electron chi connectivity index (χ1n) is 7.48. The molecule has 124 valence electrons. The van der Waals surface area contributed by atoms with Gasteiger partial charge in [-0.05, 0) is 37.2 Å². The summed E-state index contributed by atoms with van der Waals surface area (Å²) < 4.78 is 0. The molecule has 0 heterocycles. The number of hydrogen-bond acceptors (Lipinski definition) is 2. The largest absolute Gasteiger partial charge is 0.353 e. The van der Waals surface area contributed by atoms with Crippen LogP contribution >= 0.6 is 0 Å². The van der Waals surface area contributed by atoms with Gasteiger partial charge in [-0.1, -0.05) is 46.6 Å². The number of amides is 2. The molecule has 4 nitrogen and oxygen atoms in total. The number of hydrogen-bond donors (Lipinski definition) is 2. The topological polar surface area (TPSA) is 58.2 Å². The highest BCUT2D eigenvalue weighted by molar-refractivity contribution is 5.93. The Labute approximate surface area is 132 Å². The first-order valence-corrected chi connectivity index (χ1v) is 7.48. The first kappa shape index (κ1) is 21.5. The molecular formula is C17H34N2O2. The summed E-state index contributed by atoms with van der Waals surface area (Å²) in [4.78, 5) is 21.3. The van der Waals surface area contributed by atoms with E-state index in [1.54, 1.807) is 6.92 Å². The molecule has 21 heavy (non-hydrogen) atoms. The van der Waals surface area contributed by atoms with Crippen LogP contribution in [-0.2, 0) is 9.59 Å². The number of carbonyl (C=O) groups excluding carboxylic acids is 2. The lowest BCUT2D eigenvalue weighted by Gasteiger charge is -2.07. The molecule has 0 aliphatic rings. The molecule has 0 spiro atoms. The van der Waals surface area contributed by atoms with Crippen LogP contribution in [0, 0.1) is 23.7 Å². The van der Waals surface area contributed by atoms with Crippen molar-refractivity contribution in [1.82, 2.24) is 10.6 Å². The van der Waals surface area contributed by atoms with E-state index >= 15 is 0 Å². The smallest absolute Gasteiger partial charge is 0.295 e. The van der Waals surface area contributed by atoms with Crippen LogP contribution in [0.4, 0.5) is 0 Å². The molecule has 2 N–H and O–H groups in total. The van der Waals surface area contributed by atoms with Gasteiger partial charge in [-0.25, -0.2) is 0 Å². The van der Waals surface area contributed by atoms with Crippen molar-refractivity contribution in [2.75, 3.05) is 13.1 Å². The third-order valence-corrected chi connectivity index (χ3v) is 2.73. The molecule has 1 unspecified atom stereocenters. The maximum atomic E-state index is 10.7. The van der Waals surface area contributed by atoms with E-state index in [1.807, 2.05) is 13.8 Å². The second-order valence-corrected chi connectivity index (χ2v) is 5.28. The summed E-state index contributed by atoms with van der Waals surface area (Å²) in [6.07, 6.45) is 3.52. The van der Waals surface area contributed by atoms with Gasteiger partial charge >= 0.3 is 0 Å². The van der Waals surface area contributed by atoms with Gasteiger partial charge in [0, 0.05) is 15.9 Å². The van der Waals surface area contributed by atoms with E-state index in [0.29, 0.717) is 18.4 Å². The van der Waals surface area contributed by atoms with Gasteiger partial charge in [-0.2, -0.15) is 0 Å². The summed E-state index contributed by atoms with van der Waals surface area (Å²) in [7, 11) is 0. The van der Waals surface area contributed by atoms with Gasteiger partial charge in [0.15, 0.2) is 0 Å². The van der Waals surface area contributed by atoms with Crippen molar-refractivity contribution in [3.05, 3.63) is 12.7 Å². The Morgan fingerprint density at radius 3 is 2.33 bits per heavy atom. The fourth-order valence-electron chi connectivity index (χ4n) is 1.17. The third-order valence-electron chi connectivity index (χ3n) is 2.73. The van der Waals surface area contributed by atoms with Gasteiger partial charge in [0.1, 0.15) is 0 Å². The molecule has 0 aromatic rings. The van der Waals surface area contributed by atoms with E-state index in [0.717, 1.165) is 13.0 Å². The minimum atomic E-state index is -0.184. The van der Waals surface area contributed by atoms with Gasteiger partial charge in [-0.3, -0.25) is 9.59 Å². The zero-order chi connectivity index (χ0) is 16.7. The molecule has 0 aliphatic heterocycles. The molecule has 0 rings (SSSR count). The second kappa shape index (κ2) is 14.6. The van der Waals surface area contributed by atoms with E-state index in [-0.39, 0.29) is 14.7 Å². The number of carbonyl (C=O) groups is 2. The van der Waals surface area contributed by atoms with Crippen LogP contribution < -0.4 is 10.6 Å². The van der Waals surface area contributed by atoms with Gasteiger partial charge in [-0.15, -0.1) is 0 Å². The molecule has 0 aromatic carbocycles. The minimum Gasteiger partial charge on any atom is -0.353 e. The van der Waals surface area contributed by atoms with Gasteiger partial charge in [0.2, 0.25) is 5.91 Å². The number of rotatable bonds is 7. The lowest BCUT2D eigenvalue weighted by molar-refractivity contribution is -0.117. The molecule has 0 aromatic heterocycles. The number of nitrogens with one attached hydrogen (secondary N) is 2. The predicted molar refractivity (Wildman–Crippen MR) is 92.8 cm³/mol. The molecule has 0 radical (unpaired) electrons. The summed E-state index contributed by atoms with van der Waals surface area (Å²) >= 11 is 0. The molecule has 2 amide bonds. The highest BCUT2D eigenvalue weighted by Gasteiger charge is 1.98. The van der Waals surface area contributed by atoms with E-state index < -0.39 is 0 Å². The Bertz CT molecular complexity index is 375. The standard InChI is InChI=1S/C9H17NO.C8H13NO.2H2/c1-4-8(3)6-7-10-9(11)5-2;1-4-5-8(10)9-6-7(2)3;;/h5,8H,2,4,6-7H2,1,3H3,(H,10,11);7H,6H2,1-3H3,(H,9,10);2*1H. The molecule has 0 saturated heterocycles.